The minimum Gasteiger partial charge on any atom is -0.397 e. The lowest BCUT2D eigenvalue weighted by Gasteiger charge is -2.08. The molecule has 108 valence electrons. The molecule has 3 aromatic rings. The highest BCUT2D eigenvalue weighted by atomic mass is 19.4. The van der Waals surface area contributed by atoms with Crippen LogP contribution in [-0.2, 0) is 13.2 Å². The number of aryl methyl sites for hydroxylation is 1. The van der Waals surface area contributed by atoms with Crippen LogP contribution in [-0.4, -0.2) is 9.55 Å². The first-order valence-corrected chi connectivity index (χ1v) is 6.25. The molecule has 0 unspecified atom stereocenters. The molecule has 0 spiro atoms. The van der Waals surface area contributed by atoms with Crippen molar-refractivity contribution in [1.82, 2.24) is 9.55 Å². The van der Waals surface area contributed by atoms with E-state index in [0.29, 0.717) is 22.6 Å². The molecule has 0 amide bonds. The Bertz CT molecular complexity index is 801. The SMILES string of the molecule is Cn1c(-c2ccc(N)cn2)cc2c(C(F)(F)F)cccc21. The second kappa shape index (κ2) is 4.51. The summed E-state index contributed by atoms with van der Waals surface area (Å²) < 4.78 is 40.9. The second-order valence-electron chi connectivity index (χ2n) is 4.80. The highest BCUT2D eigenvalue weighted by Crippen LogP contribution is 2.37. The Hall–Kier alpha value is -2.50. The third kappa shape index (κ3) is 2.22. The van der Waals surface area contributed by atoms with E-state index in [2.05, 4.69) is 4.98 Å². The lowest BCUT2D eigenvalue weighted by Crippen LogP contribution is -2.05. The van der Waals surface area contributed by atoms with E-state index in [-0.39, 0.29) is 5.39 Å². The zero-order valence-electron chi connectivity index (χ0n) is 11.1. The summed E-state index contributed by atoms with van der Waals surface area (Å²) in [5, 5.41) is 0.168. The highest BCUT2D eigenvalue weighted by molar-refractivity contribution is 5.89. The molecule has 0 saturated heterocycles. The number of benzene rings is 1. The number of pyridine rings is 1. The Balaban J connectivity index is 2.27. The van der Waals surface area contributed by atoms with Crippen LogP contribution >= 0.6 is 0 Å². The van der Waals surface area contributed by atoms with Gasteiger partial charge in [-0.2, -0.15) is 13.2 Å². The quantitative estimate of drug-likeness (QED) is 0.740. The van der Waals surface area contributed by atoms with Crippen molar-refractivity contribution >= 4 is 16.6 Å². The Kier molecular flexibility index (Phi) is 2.90. The standard InChI is InChI=1S/C15H12F3N3/c1-21-13-4-2-3-11(15(16,17)18)10(13)7-14(21)12-6-5-9(19)8-20-12/h2-8H,19H2,1H3. The van der Waals surface area contributed by atoms with Crippen molar-refractivity contribution in [2.75, 3.05) is 5.73 Å². The van der Waals surface area contributed by atoms with Crippen molar-refractivity contribution in [3.05, 3.63) is 48.2 Å². The van der Waals surface area contributed by atoms with E-state index in [1.807, 2.05) is 0 Å². The number of nitrogen functional groups attached to an aromatic ring is 1. The lowest BCUT2D eigenvalue weighted by molar-refractivity contribution is -0.136. The summed E-state index contributed by atoms with van der Waals surface area (Å²) in [7, 11) is 1.72. The Morgan fingerprint density at radius 1 is 1.14 bits per heavy atom. The minimum absolute atomic E-state index is 0.168. The van der Waals surface area contributed by atoms with E-state index in [1.165, 1.54) is 18.3 Å². The first-order chi connectivity index (χ1) is 9.88. The summed E-state index contributed by atoms with van der Waals surface area (Å²) in [6.07, 6.45) is -2.90. The van der Waals surface area contributed by atoms with Gasteiger partial charge in [-0.1, -0.05) is 6.07 Å². The number of hydrogen-bond donors (Lipinski definition) is 1. The normalized spacial score (nSPS) is 12.0. The van der Waals surface area contributed by atoms with Crippen LogP contribution in [0.25, 0.3) is 22.3 Å². The average Bonchev–Trinajstić information content (AvgIpc) is 2.76. The van der Waals surface area contributed by atoms with E-state index in [1.54, 1.807) is 29.8 Å². The number of nitrogens with zero attached hydrogens (tertiary/aromatic N) is 2. The van der Waals surface area contributed by atoms with Gasteiger partial charge in [0.15, 0.2) is 0 Å². The van der Waals surface area contributed by atoms with E-state index in [4.69, 9.17) is 5.73 Å². The van der Waals surface area contributed by atoms with E-state index >= 15 is 0 Å². The number of alkyl halides is 3. The summed E-state index contributed by atoms with van der Waals surface area (Å²) >= 11 is 0. The maximum atomic E-state index is 13.1. The summed E-state index contributed by atoms with van der Waals surface area (Å²) in [4.78, 5) is 4.17. The summed E-state index contributed by atoms with van der Waals surface area (Å²) in [6.45, 7) is 0. The van der Waals surface area contributed by atoms with Crippen molar-refractivity contribution in [1.29, 1.82) is 0 Å². The predicted molar refractivity (Wildman–Crippen MR) is 75.6 cm³/mol. The largest absolute Gasteiger partial charge is 0.417 e. The van der Waals surface area contributed by atoms with Crippen molar-refractivity contribution in [3.8, 4) is 11.4 Å². The number of nitrogens with two attached hydrogens (primary N) is 1. The van der Waals surface area contributed by atoms with Crippen molar-refractivity contribution < 1.29 is 13.2 Å². The van der Waals surface area contributed by atoms with Crippen LogP contribution in [0.15, 0.2) is 42.6 Å². The maximum Gasteiger partial charge on any atom is 0.417 e. The van der Waals surface area contributed by atoms with Gasteiger partial charge < -0.3 is 10.3 Å². The van der Waals surface area contributed by atoms with Crippen LogP contribution in [0, 0.1) is 0 Å². The molecule has 2 N–H and O–H groups in total. The lowest BCUT2D eigenvalue weighted by atomic mass is 10.1. The molecule has 2 heterocycles. The molecule has 0 aliphatic heterocycles. The molecule has 0 atom stereocenters. The fourth-order valence-electron chi connectivity index (χ4n) is 2.41. The maximum absolute atomic E-state index is 13.1. The highest BCUT2D eigenvalue weighted by Gasteiger charge is 2.33. The first kappa shape index (κ1) is 13.5. The predicted octanol–water partition coefficient (Wildman–Crippen LogP) is 3.84. The van der Waals surface area contributed by atoms with Gasteiger partial charge in [-0.15, -0.1) is 0 Å². The molecule has 21 heavy (non-hydrogen) atoms. The van der Waals surface area contributed by atoms with Gasteiger partial charge in [0.05, 0.1) is 28.8 Å². The van der Waals surface area contributed by atoms with Crippen LogP contribution in [0.2, 0.25) is 0 Å². The van der Waals surface area contributed by atoms with Crippen LogP contribution in [0.4, 0.5) is 18.9 Å². The van der Waals surface area contributed by atoms with E-state index in [0.717, 1.165) is 6.07 Å². The van der Waals surface area contributed by atoms with Gasteiger partial charge in [-0.05, 0) is 30.3 Å². The second-order valence-corrected chi connectivity index (χ2v) is 4.80. The van der Waals surface area contributed by atoms with Crippen LogP contribution in [0.1, 0.15) is 5.56 Å². The molecule has 0 saturated carbocycles. The van der Waals surface area contributed by atoms with Gasteiger partial charge in [0.1, 0.15) is 0 Å². The van der Waals surface area contributed by atoms with Gasteiger partial charge in [0, 0.05) is 18.0 Å². The smallest absolute Gasteiger partial charge is 0.397 e. The molecule has 0 fully saturated rings. The number of aromatic nitrogens is 2. The fourth-order valence-corrected chi connectivity index (χ4v) is 2.41. The molecular formula is C15H12F3N3. The van der Waals surface area contributed by atoms with Crippen molar-refractivity contribution in [2.45, 2.75) is 6.18 Å². The number of hydrogen-bond acceptors (Lipinski definition) is 2. The van der Waals surface area contributed by atoms with Gasteiger partial charge in [-0.3, -0.25) is 4.98 Å². The zero-order valence-corrected chi connectivity index (χ0v) is 11.1. The number of anilines is 1. The molecule has 1 aromatic carbocycles. The zero-order chi connectivity index (χ0) is 15.2. The molecule has 6 heteroatoms. The van der Waals surface area contributed by atoms with Crippen molar-refractivity contribution in [3.63, 3.8) is 0 Å². The fraction of sp³-hybridized carbons (Fsp3) is 0.133. The monoisotopic (exact) mass is 291 g/mol. The third-order valence-electron chi connectivity index (χ3n) is 3.44. The third-order valence-corrected chi connectivity index (χ3v) is 3.44. The van der Waals surface area contributed by atoms with Gasteiger partial charge in [0.25, 0.3) is 0 Å². The summed E-state index contributed by atoms with van der Waals surface area (Å²) in [5.74, 6) is 0. The molecule has 3 rings (SSSR count). The Morgan fingerprint density at radius 2 is 1.90 bits per heavy atom. The summed E-state index contributed by atoms with van der Waals surface area (Å²) in [5.41, 5.74) is 7.15. The Labute approximate surface area is 118 Å². The molecular weight excluding hydrogens is 279 g/mol. The molecule has 0 radical (unpaired) electrons. The van der Waals surface area contributed by atoms with Gasteiger partial charge >= 0.3 is 6.18 Å². The van der Waals surface area contributed by atoms with Gasteiger partial charge in [0.2, 0.25) is 0 Å². The average molecular weight is 291 g/mol. The molecule has 0 aliphatic rings. The van der Waals surface area contributed by atoms with E-state index < -0.39 is 11.7 Å². The van der Waals surface area contributed by atoms with Crippen molar-refractivity contribution in [2.24, 2.45) is 7.05 Å². The number of rotatable bonds is 1. The van der Waals surface area contributed by atoms with Crippen LogP contribution in [0.5, 0.6) is 0 Å². The van der Waals surface area contributed by atoms with Crippen LogP contribution in [0.3, 0.4) is 0 Å². The molecule has 0 bridgehead atoms. The van der Waals surface area contributed by atoms with E-state index in [9.17, 15) is 13.2 Å². The van der Waals surface area contributed by atoms with Crippen LogP contribution < -0.4 is 5.73 Å². The number of fused-ring (bicyclic) bond motifs is 1. The number of halogens is 3. The molecule has 2 aromatic heterocycles. The molecule has 0 aliphatic carbocycles. The minimum atomic E-state index is -4.38. The van der Waals surface area contributed by atoms with Gasteiger partial charge in [-0.25, -0.2) is 0 Å². The Morgan fingerprint density at radius 3 is 2.52 bits per heavy atom. The first-order valence-electron chi connectivity index (χ1n) is 6.25. The topological polar surface area (TPSA) is 43.8 Å². The summed E-state index contributed by atoms with van der Waals surface area (Å²) in [6, 6.07) is 9.03. The molecule has 3 nitrogen and oxygen atoms in total.